The largest absolute Gasteiger partial charge is 0.486 e. The molecule has 3 aromatic heterocycles. The Morgan fingerprint density at radius 3 is 2.72 bits per heavy atom. The highest BCUT2D eigenvalue weighted by Crippen LogP contribution is 2.37. The third-order valence-electron chi connectivity index (χ3n) is 7.36. The van der Waals surface area contributed by atoms with E-state index >= 15 is 0 Å². The van der Waals surface area contributed by atoms with E-state index in [9.17, 15) is 4.79 Å². The monoisotopic (exact) mass is 539 g/mol. The number of carbonyl (C=O) groups excluding carboxylic acids is 1. The number of aromatic nitrogens is 5. The third kappa shape index (κ3) is 6.13. The number of carbonyl (C=O) groups is 1. The summed E-state index contributed by atoms with van der Waals surface area (Å²) in [4.78, 5) is 19.2. The summed E-state index contributed by atoms with van der Waals surface area (Å²) in [6.45, 7) is 13.6. The van der Waals surface area contributed by atoms with Crippen molar-refractivity contribution >= 4 is 17.7 Å². The fourth-order valence-electron chi connectivity index (χ4n) is 4.99. The van der Waals surface area contributed by atoms with Crippen molar-refractivity contribution in [3.05, 3.63) is 24.7 Å². The van der Waals surface area contributed by atoms with Crippen LogP contribution in [0.2, 0.25) is 0 Å². The molecule has 1 amide bonds. The minimum atomic E-state index is -0.506. The van der Waals surface area contributed by atoms with Crippen LogP contribution in [0.1, 0.15) is 73.5 Å². The molecule has 1 saturated carbocycles. The Balaban J connectivity index is 1.36. The Morgan fingerprint density at radius 1 is 1.26 bits per heavy atom. The summed E-state index contributed by atoms with van der Waals surface area (Å²) in [5.74, 6) is 1.48. The van der Waals surface area contributed by atoms with Crippen molar-refractivity contribution in [2.75, 3.05) is 25.0 Å². The molecule has 11 heteroatoms. The molecule has 2 aliphatic rings. The van der Waals surface area contributed by atoms with Crippen LogP contribution in [0.15, 0.2) is 24.7 Å². The van der Waals surface area contributed by atoms with Crippen LogP contribution in [0.25, 0.3) is 16.8 Å². The molecule has 39 heavy (non-hydrogen) atoms. The smallest absolute Gasteiger partial charge is 0.410 e. The second-order valence-electron chi connectivity index (χ2n) is 11.6. The number of pyridine rings is 1. The fourth-order valence-corrected chi connectivity index (χ4v) is 4.99. The molecule has 4 heterocycles. The lowest BCUT2D eigenvalue weighted by Crippen LogP contribution is -2.49. The highest BCUT2D eigenvalue weighted by Gasteiger charge is 2.32. The van der Waals surface area contributed by atoms with Crippen LogP contribution < -0.4 is 10.1 Å². The second-order valence-corrected chi connectivity index (χ2v) is 11.6. The van der Waals surface area contributed by atoms with E-state index < -0.39 is 5.60 Å². The van der Waals surface area contributed by atoms with E-state index in [1.54, 1.807) is 9.42 Å². The molecule has 1 N–H and O–H groups in total. The molecular weight excluding hydrogens is 498 g/mol. The normalized spacial score (nSPS) is 21.0. The zero-order valence-electron chi connectivity index (χ0n) is 23.9. The molecule has 0 radical (unpaired) electrons. The summed E-state index contributed by atoms with van der Waals surface area (Å²) in [6, 6.07) is 2.14. The van der Waals surface area contributed by atoms with Crippen LogP contribution in [-0.4, -0.2) is 72.8 Å². The van der Waals surface area contributed by atoms with Crippen molar-refractivity contribution in [3.63, 3.8) is 0 Å². The fraction of sp³-hybridized carbons (Fsp3) is 0.643. The zero-order chi connectivity index (χ0) is 27.7. The first kappa shape index (κ1) is 27.2. The van der Waals surface area contributed by atoms with Gasteiger partial charge in [0, 0.05) is 49.3 Å². The van der Waals surface area contributed by atoms with Gasteiger partial charge < -0.3 is 24.4 Å². The summed E-state index contributed by atoms with van der Waals surface area (Å²) in [6.07, 6.45) is 9.52. The number of rotatable bonds is 8. The van der Waals surface area contributed by atoms with Gasteiger partial charge in [-0.25, -0.2) is 14.0 Å². The average Bonchev–Trinajstić information content (AvgIpc) is 3.49. The van der Waals surface area contributed by atoms with Gasteiger partial charge in [-0.3, -0.25) is 0 Å². The molecule has 3 aromatic rings. The number of likely N-dealkylation sites (tertiary alicyclic amines) is 1. The van der Waals surface area contributed by atoms with Crippen molar-refractivity contribution < 1.29 is 19.0 Å². The lowest BCUT2D eigenvalue weighted by Gasteiger charge is -2.37. The maximum absolute atomic E-state index is 12.5. The number of nitrogens with zero attached hydrogens (tertiary/aromatic N) is 6. The van der Waals surface area contributed by atoms with Crippen LogP contribution in [-0.2, 0) is 9.47 Å². The number of ether oxygens (including phenoxy) is 3. The van der Waals surface area contributed by atoms with Gasteiger partial charge >= 0.3 is 6.09 Å². The SMILES string of the molecule is CCOC(C)n1cc(-c2ccn3nc(N[C@H]4CCN(C(=O)OC(C)(C)C)C[C@H]4C)nc3c2OC2CCC2)cn1. The lowest BCUT2D eigenvalue weighted by atomic mass is 9.94. The summed E-state index contributed by atoms with van der Waals surface area (Å²) in [5.41, 5.74) is 2.04. The van der Waals surface area contributed by atoms with Crippen LogP contribution >= 0.6 is 0 Å². The highest BCUT2D eigenvalue weighted by molar-refractivity contribution is 5.77. The maximum atomic E-state index is 12.5. The molecule has 1 aliphatic heterocycles. The van der Waals surface area contributed by atoms with Gasteiger partial charge in [-0.15, -0.1) is 5.10 Å². The molecule has 1 aliphatic carbocycles. The van der Waals surface area contributed by atoms with E-state index in [0.29, 0.717) is 31.3 Å². The minimum Gasteiger partial charge on any atom is -0.486 e. The first-order valence-corrected chi connectivity index (χ1v) is 14.1. The molecule has 2 fully saturated rings. The minimum absolute atomic E-state index is 0.134. The van der Waals surface area contributed by atoms with E-state index in [4.69, 9.17) is 24.3 Å². The maximum Gasteiger partial charge on any atom is 0.410 e. The predicted molar refractivity (Wildman–Crippen MR) is 148 cm³/mol. The summed E-state index contributed by atoms with van der Waals surface area (Å²) >= 11 is 0. The standard InChI is InChI=1S/C28H41N7O4/c1-7-37-19(3)35-17-20(15-29-35)22-11-14-34-25(24(22)38-21-9-8-10-21)31-26(32-34)30-23-12-13-33(16-18(23)2)27(36)39-28(4,5)6/h11,14-15,17-19,21,23H,7-10,12-13,16H2,1-6H3,(H,30,32)/t18-,19?,23+/m1/s1. The summed E-state index contributed by atoms with van der Waals surface area (Å²) < 4.78 is 21.3. The van der Waals surface area contributed by atoms with Crippen molar-refractivity contribution in [3.8, 4) is 16.9 Å². The van der Waals surface area contributed by atoms with E-state index in [0.717, 1.165) is 36.1 Å². The van der Waals surface area contributed by atoms with Gasteiger partial charge in [0.1, 0.15) is 11.8 Å². The average molecular weight is 540 g/mol. The van der Waals surface area contributed by atoms with Gasteiger partial charge in [0.05, 0.1) is 12.3 Å². The summed E-state index contributed by atoms with van der Waals surface area (Å²) in [5, 5.41) is 12.8. The quantitative estimate of drug-likeness (QED) is 0.419. The van der Waals surface area contributed by atoms with Gasteiger partial charge in [-0.2, -0.15) is 10.1 Å². The van der Waals surface area contributed by atoms with Gasteiger partial charge in [0.15, 0.2) is 11.4 Å². The van der Waals surface area contributed by atoms with Crippen LogP contribution in [0.4, 0.5) is 10.7 Å². The number of piperidine rings is 1. The van der Waals surface area contributed by atoms with Crippen molar-refractivity contribution in [2.45, 2.75) is 91.2 Å². The highest BCUT2D eigenvalue weighted by atomic mass is 16.6. The van der Waals surface area contributed by atoms with Gasteiger partial charge in [0.2, 0.25) is 5.95 Å². The Kier molecular flexibility index (Phi) is 7.70. The van der Waals surface area contributed by atoms with Crippen LogP contribution in [0.5, 0.6) is 5.75 Å². The van der Waals surface area contributed by atoms with Gasteiger partial charge in [-0.1, -0.05) is 6.92 Å². The summed E-state index contributed by atoms with van der Waals surface area (Å²) in [7, 11) is 0. The zero-order valence-corrected chi connectivity index (χ0v) is 23.9. The molecule has 0 bridgehead atoms. The van der Waals surface area contributed by atoms with Crippen molar-refractivity contribution in [1.82, 2.24) is 29.3 Å². The van der Waals surface area contributed by atoms with E-state index in [1.165, 1.54) is 6.42 Å². The molecule has 0 spiro atoms. The Hall–Kier alpha value is -3.34. The topological polar surface area (TPSA) is 108 Å². The molecule has 5 rings (SSSR count). The van der Waals surface area contributed by atoms with Crippen molar-refractivity contribution in [2.24, 2.45) is 5.92 Å². The number of hydrogen-bond donors (Lipinski definition) is 1. The molecule has 3 atom stereocenters. The Bertz CT molecular complexity index is 1290. The van der Waals surface area contributed by atoms with E-state index in [-0.39, 0.29) is 30.4 Å². The van der Waals surface area contributed by atoms with Crippen LogP contribution in [0, 0.1) is 5.92 Å². The van der Waals surface area contributed by atoms with Crippen molar-refractivity contribution in [1.29, 1.82) is 0 Å². The number of hydrogen-bond acceptors (Lipinski definition) is 8. The first-order chi connectivity index (χ1) is 18.6. The molecule has 0 aromatic carbocycles. The second kappa shape index (κ2) is 11.0. The Morgan fingerprint density at radius 2 is 2.05 bits per heavy atom. The molecule has 11 nitrogen and oxygen atoms in total. The van der Waals surface area contributed by atoms with Gasteiger partial charge in [0.25, 0.3) is 0 Å². The Labute approximate surface area is 229 Å². The first-order valence-electron chi connectivity index (χ1n) is 14.1. The van der Waals surface area contributed by atoms with E-state index in [2.05, 4.69) is 17.3 Å². The number of amides is 1. The molecule has 1 saturated heterocycles. The molecule has 212 valence electrons. The lowest BCUT2D eigenvalue weighted by molar-refractivity contribution is 0.0158. The third-order valence-corrected chi connectivity index (χ3v) is 7.36. The molecular formula is C28H41N7O4. The predicted octanol–water partition coefficient (Wildman–Crippen LogP) is 5.14. The number of anilines is 1. The van der Waals surface area contributed by atoms with Gasteiger partial charge in [-0.05, 0) is 72.3 Å². The van der Waals surface area contributed by atoms with E-state index in [1.807, 2.05) is 64.0 Å². The number of nitrogens with one attached hydrogen (secondary N) is 1. The van der Waals surface area contributed by atoms with Crippen LogP contribution in [0.3, 0.4) is 0 Å². The number of fused-ring (bicyclic) bond motifs is 1. The molecule has 1 unspecified atom stereocenters.